The third kappa shape index (κ3) is 4.44. The average molecular weight is 441 g/mol. The molecule has 0 aliphatic carbocycles. The topological polar surface area (TPSA) is 75.9 Å². The molecule has 7 nitrogen and oxygen atoms in total. The molecular weight excluding hydrogens is 412 g/mol. The van der Waals surface area contributed by atoms with Gasteiger partial charge < -0.3 is 14.8 Å². The zero-order valence-corrected chi connectivity index (χ0v) is 18.8. The zero-order valence-electron chi connectivity index (χ0n) is 18.8. The van der Waals surface area contributed by atoms with Crippen molar-refractivity contribution in [2.75, 3.05) is 18.4 Å². The number of para-hydroxylation sites is 2. The molecule has 0 bridgehead atoms. The number of piperidine rings is 1. The van der Waals surface area contributed by atoms with Crippen LogP contribution in [0.5, 0.6) is 0 Å². The molecule has 3 aromatic heterocycles. The van der Waals surface area contributed by atoms with Gasteiger partial charge >= 0.3 is 0 Å². The summed E-state index contributed by atoms with van der Waals surface area (Å²) in [5, 5.41) is 3.27. The number of benzene rings is 1. The van der Waals surface area contributed by atoms with Crippen LogP contribution in [-0.4, -0.2) is 43.4 Å². The molecule has 1 fully saturated rings. The van der Waals surface area contributed by atoms with E-state index in [1.165, 1.54) is 0 Å². The summed E-state index contributed by atoms with van der Waals surface area (Å²) in [5.74, 6) is 1.35. The van der Waals surface area contributed by atoms with E-state index < -0.39 is 0 Å². The van der Waals surface area contributed by atoms with E-state index in [1.54, 1.807) is 12.5 Å². The van der Waals surface area contributed by atoms with Crippen molar-refractivity contribution >= 4 is 28.4 Å². The summed E-state index contributed by atoms with van der Waals surface area (Å²) in [6, 6.07) is 17.7. The summed E-state index contributed by atoms with van der Waals surface area (Å²) in [5.41, 5.74) is 3.94. The lowest BCUT2D eigenvalue weighted by Crippen LogP contribution is -2.42. The first-order valence-corrected chi connectivity index (χ1v) is 11.6. The fourth-order valence-electron chi connectivity index (χ4n) is 4.63. The van der Waals surface area contributed by atoms with Gasteiger partial charge in [-0.05, 0) is 55.7 Å². The van der Waals surface area contributed by atoms with Crippen LogP contribution in [0.15, 0.2) is 73.3 Å². The first-order chi connectivity index (χ1) is 16.2. The fourth-order valence-corrected chi connectivity index (χ4v) is 4.63. The maximum absolute atomic E-state index is 13.4. The van der Waals surface area contributed by atoms with E-state index in [9.17, 15) is 4.79 Å². The summed E-state index contributed by atoms with van der Waals surface area (Å²) in [4.78, 5) is 28.8. The first-order valence-electron chi connectivity index (χ1n) is 11.6. The van der Waals surface area contributed by atoms with Crippen LogP contribution in [0.1, 0.15) is 43.8 Å². The minimum Gasteiger partial charge on any atom is -0.341 e. The summed E-state index contributed by atoms with van der Waals surface area (Å²) < 4.78 is 2.03. The van der Waals surface area contributed by atoms with E-state index in [2.05, 4.69) is 33.3 Å². The van der Waals surface area contributed by atoms with E-state index in [-0.39, 0.29) is 11.9 Å². The molecule has 168 valence electrons. The van der Waals surface area contributed by atoms with Gasteiger partial charge in [0.05, 0.1) is 29.2 Å². The van der Waals surface area contributed by atoms with Crippen LogP contribution in [0.4, 0.5) is 11.5 Å². The Hall–Kier alpha value is -3.74. The number of carbonyl (C=O) groups is 1. The lowest BCUT2D eigenvalue weighted by atomic mass is 9.92. The number of imidazole rings is 1. The second kappa shape index (κ2) is 9.40. The molecular formula is C26H28N6O. The normalized spacial score (nSPS) is 15.5. The molecule has 0 unspecified atom stereocenters. The highest BCUT2D eigenvalue weighted by Crippen LogP contribution is 2.30. The van der Waals surface area contributed by atoms with Gasteiger partial charge in [0.1, 0.15) is 11.9 Å². The van der Waals surface area contributed by atoms with Gasteiger partial charge in [0, 0.05) is 30.9 Å². The van der Waals surface area contributed by atoms with Crippen LogP contribution < -0.4 is 5.32 Å². The number of nitrogens with one attached hydrogen (secondary N) is 1. The van der Waals surface area contributed by atoms with Gasteiger partial charge in [-0.3, -0.25) is 9.78 Å². The van der Waals surface area contributed by atoms with Gasteiger partial charge in [0.25, 0.3) is 0 Å². The molecule has 1 aromatic carbocycles. The standard InChI is InChI=1S/C26H28N6O/c1-2-23(32-18-29-22-7-3-4-8-24(22)32)26(33)31-15-12-19(13-16-31)21-11-10-20(17-28-21)30-25-9-5-6-14-27-25/h3-11,14,17-19,23H,2,12-13,15-16H2,1H3,(H,27,30)/t23-/m0/s1. The van der Waals surface area contributed by atoms with Gasteiger partial charge in [-0.1, -0.05) is 25.1 Å². The number of carbonyl (C=O) groups excluding carboxylic acids is 1. The van der Waals surface area contributed by atoms with Crippen molar-refractivity contribution in [3.63, 3.8) is 0 Å². The number of hydrogen-bond donors (Lipinski definition) is 1. The number of anilines is 2. The van der Waals surface area contributed by atoms with Gasteiger partial charge in [0.2, 0.25) is 5.91 Å². The Bertz CT molecular complexity index is 1210. The maximum Gasteiger partial charge on any atom is 0.245 e. The summed E-state index contributed by atoms with van der Waals surface area (Å²) in [7, 11) is 0. The Labute approximate surface area is 193 Å². The lowest BCUT2D eigenvalue weighted by Gasteiger charge is -2.34. The molecule has 33 heavy (non-hydrogen) atoms. The molecule has 1 atom stereocenters. The molecule has 0 radical (unpaired) electrons. The molecule has 1 N–H and O–H groups in total. The van der Waals surface area contributed by atoms with Crippen LogP contribution in [0.2, 0.25) is 0 Å². The average Bonchev–Trinajstić information content (AvgIpc) is 3.30. The highest BCUT2D eigenvalue weighted by molar-refractivity contribution is 5.84. The largest absolute Gasteiger partial charge is 0.341 e. The van der Waals surface area contributed by atoms with Gasteiger partial charge in [-0.25, -0.2) is 9.97 Å². The number of nitrogens with zero attached hydrogens (tertiary/aromatic N) is 5. The van der Waals surface area contributed by atoms with Gasteiger partial charge in [0.15, 0.2) is 0 Å². The van der Waals surface area contributed by atoms with Crippen molar-refractivity contribution in [3.8, 4) is 0 Å². The monoisotopic (exact) mass is 440 g/mol. The molecule has 1 aliphatic rings. The van der Waals surface area contributed by atoms with Crippen molar-refractivity contribution in [2.24, 2.45) is 0 Å². The van der Waals surface area contributed by atoms with Crippen LogP contribution in [0, 0.1) is 0 Å². The van der Waals surface area contributed by atoms with Crippen LogP contribution in [0.25, 0.3) is 11.0 Å². The number of likely N-dealkylation sites (tertiary alicyclic amines) is 1. The number of amides is 1. The molecule has 0 spiro atoms. The first kappa shape index (κ1) is 21.1. The molecule has 4 heterocycles. The molecule has 0 saturated carbocycles. The van der Waals surface area contributed by atoms with E-state index in [4.69, 9.17) is 0 Å². The molecule has 1 aliphatic heterocycles. The molecule has 5 rings (SSSR count). The maximum atomic E-state index is 13.4. The second-order valence-corrected chi connectivity index (χ2v) is 8.48. The minimum absolute atomic E-state index is 0.182. The number of aromatic nitrogens is 4. The Kier molecular flexibility index (Phi) is 6.02. The van der Waals surface area contributed by atoms with Crippen molar-refractivity contribution in [3.05, 3.63) is 79.0 Å². The molecule has 1 saturated heterocycles. The van der Waals surface area contributed by atoms with E-state index in [1.807, 2.05) is 64.2 Å². The number of rotatable bonds is 6. The number of fused-ring (bicyclic) bond motifs is 1. The molecule has 1 amide bonds. The Morgan fingerprint density at radius 3 is 2.58 bits per heavy atom. The van der Waals surface area contributed by atoms with Crippen molar-refractivity contribution in [1.82, 2.24) is 24.4 Å². The van der Waals surface area contributed by atoms with Crippen molar-refractivity contribution in [2.45, 2.75) is 38.1 Å². The third-order valence-corrected chi connectivity index (χ3v) is 6.44. The Morgan fingerprint density at radius 1 is 1.03 bits per heavy atom. The Balaban J connectivity index is 1.22. The highest BCUT2D eigenvalue weighted by atomic mass is 16.2. The number of pyridine rings is 2. The third-order valence-electron chi connectivity index (χ3n) is 6.44. The predicted octanol–water partition coefficient (Wildman–Crippen LogP) is 4.93. The van der Waals surface area contributed by atoms with E-state index in [0.717, 1.165) is 60.6 Å². The van der Waals surface area contributed by atoms with Crippen LogP contribution >= 0.6 is 0 Å². The smallest absolute Gasteiger partial charge is 0.245 e. The van der Waals surface area contributed by atoms with Crippen molar-refractivity contribution < 1.29 is 4.79 Å². The van der Waals surface area contributed by atoms with Crippen LogP contribution in [-0.2, 0) is 4.79 Å². The van der Waals surface area contributed by atoms with Gasteiger partial charge in [-0.15, -0.1) is 0 Å². The minimum atomic E-state index is -0.218. The quantitative estimate of drug-likeness (QED) is 0.460. The molecule has 7 heteroatoms. The SMILES string of the molecule is CC[C@@H](C(=O)N1CCC(c2ccc(Nc3ccccn3)cn2)CC1)n1cnc2ccccc21. The zero-order chi connectivity index (χ0) is 22.6. The Morgan fingerprint density at radius 2 is 1.85 bits per heavy atom. The number of hydrogen-bond acceptors (Lipinski definition) is 5. The molecule has 4 aromatic rings. The van der Waals surface area contributed by atoms with Gasteiger partial charge in [-0.2, -0.15) is 0 Å². The van der Waals surface area contributed by atoms with E-state index >= 15 is 0 Å². The van der Waals surface area contributed by atoms with Crippen molar-refractivity contribution in [1.29, 1.82) is 0 Å². The summed E-state index contributed by atoms with van der Waals surface area (Å²) >= 11 is 0. The predicted molar refractivity (Wildman–Crippen MR) is 129 cm³/mol. The van der Waals surface area contributed by atoms with Crippen LogP contribution in [0.3, 0.4) is 0 Å². The van der Waals surface area contributed by atoms with E-state index in [0.29, 0.717) is 5.92 Å². The summed E-state index contributed by atoms with van der Waals surface area (Å²) in [6.07, 6.45) is 8.01. The fraction of sp³-hybridized carbons (Fsp3) is 0.308. The summed E-state index contributed by atoms with van der Waals surface area (Å²) in [6.45, 7) is 3.57. The highest BCUT2D eigenvalue weighted by Gasteiger charge is 2.30. The second-order valence-electron chi connectivity index (χ2n) is 8.48. The lowest BCUT2D eigenvalue weighted by molar-refractivity contribution is -0.135.